The molecule has 0 saturated carbocycles. The molecule has 2 N–H and O–H groups in total. The lowest BCUT2D eigenvalue weighted by Crippen LogP contribution is -2.31. The van der Waals surface area contributed by atoms with Gasteiger partial charge in [-0.2, -0.15) is 0 Å². The van der Waals surface area contributed by atoms with Gasteiger partial charge >= 0.3 is 0 Å². The van der Waals surface area contributed by atoms with E-state index >= 15 is 0 Å². The molecule has 6 atom stereocenters. The minimum atomic E-state index is -0.791. The molecule has 3 fully saturated rings. The van der Waals surface area contributed by atoms with Crippen LogP contribution in [-0.4, -0.2) is 126 Å². The van der Waals surface area contributed by atoms with Crippen molar-refractivity contribution in [2.45, 2.75) is 36.6 Å². The maximum Gasteiger partial charge on any atom is 0.104 e. The van der Waals surface area contributed by atoms with E-state index in [-0.39, 0.29) is 50.8 Å². The summed E-state index contributed by atoms with van der Waals surface area (Å²) in [4.78, 5) is 0. The summed E-state index contributed by atoms with van der Waals surface area (Å²) in [6.45, 7) is 4.90. The molecule has 0 bridgehead atoms. The standard InChI is InChI=1S/C18H32O10/c19-13(1-21-2-14(20)4-23-7-16-9-26-16)3-22-5-15(25-11-18-12-28-18)6-24-8-17-10-27-17/h13-20H,1-12H2. The summed E-state index contributed by atoms with van der Waals surface area (Å²) < 4.78 is 42.7. The fourth-order valence-corrected chi connectivity index (χ4v) is 2.32. The van der Waals surface area contributed by atoms with Crippen LogP contribution in [0.5, 0.6) is 0 Å². The lowest BCUT2D eigenvalue weighted by molar-refractivity contribution is -0.0890. The summed E-state index contributed by atoms with van der Waals surface area (Å²) in [5, 5.41) is 19.7. The van der Waals surface area contributed by atoms with E-state index in [1.54, 1.807) is 0 Å². The Morgan fingerprint density at radius 1 is 0.607 bits per heavy atom. The topological polar surface area (TPSA) is 124 Å². The number of ether oxygens (including phenoxy) is 8. The first-order chi connectivity index (χ1) is 13.7. The molecule has 10 nitrogen and oxygen atoms in total. The van der Waals surface area contributed by atoms with Crippen molar-refractivity contribution in [2.75, 3.05) is 79.3 Å². The molecule has 0 aromatic carbocycles. The van der Waals surface area contributed by atoms with Gasteiger partial charge in [-0.25, -0.2) is 0 Å². The van der Waals surface area contributed by atoms with Crippen LogP contribution in [0.3, 0.4) is 0 Å². The predicted molar refractivity (Wildman–Crippen MR) is 94.2 cm³/mol. The minimum absolute atomic E-state index is 0.0692. The first kappa shape index (κ1) is 22.3. The molecule has 164 valence electrons. The normalized spacial score (nSPS) is 28.7. The van der Waals surface area contributed by atoms with Crippen LogP contribution in [0.4, 0.5) is 0 Å². The van der Waals surface area contributed by atoms with Gasteiger partial charge in [-0.3, -0.25) is 0 Å². The maximum absolute atomic E-state index is 9.93. The van der Waals surface area contributed by atoms with Crippen molar-refractivity contribution >= 4 is 0 Å². The molecular formula is C18H32O10. The Hall–Kier alpha value is -0.400. The van der Waals surface area contributed by atoms with Crippen molar-refractivity contribution in [1.29, 1.82) is 0 Å². The van der Waals surface area contributed by atoms with Gasteiger partial charge in [-0.1, -0.05) is 0 Å². The van der Waals surface area contributed by atoms with Gasteiger partial charge in [0.15, 0.2) is 0 Å². The molecule has 3 aliphatic heterocycles. The van der Waals surface area contributed by atoms with Gasteiger partial charge in [-0.05, 0) is 0 Å². The molecule has 10 heteroatoms. The van der Waals surface area contributed by atoms with Crippen LogP contribution in [0.25, 0.3) is 0 Å². The van der Waals surface area contributed by atoms with E-state index in [9.17, 15) is 10.2 Å². The summed E-state index contributed by atoms with van der Waals surface area (Å²) in [6, 6.07) is 0. The quantitative estimate of drug-likeness (QED) is 0.240. The van der Waals surface area contributed by atoms with Crippen LogP contribution < -0.4 is 0 Å². The zero-order valence-corrected chi connectivity index (χ0v) is 16.1. The summed E-state index contributed by atoms with van der Waals surface area (Å²) in [5.74, 6) is 0. The third-order valence-electron chi connectivity index (χ3n) is 4.18. The van der Waals surface area contributed by atoms with Crippen LogP contribution in [0.15, 0.2) is 0 Å². The molecule has 0 spiro atoms. The van der Waals surface area contributed by atoms with E-state index in [2.05, 4.69) is 0 Å². The maximum atomic E-state index is 9.93. The highest BCUT2D eigenvalue weighted by atomic mass is 16.6. The summed E-state index contributed by atoms with van der Waals surface area (Å²) in [6.07, 6.45) is -1.21. The van der Waals surface area contributed by atoms with Crippen molar-refractivity contribution < 1.29 is 48.1 Å². The van der Waals surface area contributed by atoms with Crippen molar-refractivity contribution in [2.24, 2.45) is 0 Å². The molecule has 3 heterocycles. The zero-order valence-electron chi connectivity index (χ0n) is 16.1. The third-order valence-corrected chi connectivity index (χ3v) is 4.18. The van der Waals surface area contributed by atoms with Gasteiger partial charge in [0.1, 0.15) is 36.6 Å². The van der Waals surface area contributed by atoms with Gasteiger partial charge in [0, 0.05) is 0 Å². The molecule has 0 radical (unpaired) electrons. The first-order valence-corrected chi connectivity index (χ1v) is 9.82. The minimum Gasteiger partial charge on any atom is -0.388 e. The largest absolute Gasteiger partial charge is 0.388 e. The molecule has 0 aliphatic carbocycles. The van der Waals surface area contributed by atoms with Crippen molar-refractivity contribution in [1.82, 2.24) is 0 Å². The molecule has 3 saturated heterocycles. The highest BCUT2D eigenvalue weighted by molar-refractivity contribution is 4.71. The van der Waals surface area contributed by atoms with Gasteiger partial charge in [-0.15, -0.1) is 0 Å². The summed E-state index contributed by atoms with van der Waals surface area (Å²) >= 11 is 0. The van der Waals surface area contributed by atoms with Crippen LogP contribution >= 0.6 is 0 Å². The Bertz CT molecular complexity index is 413. The van der Waals surface area contributed by atoms with Crippen LogP contribution in [0.2, 0.25) is 0 Å². The molecule has 6 unspecified atom stereocenters. The third kappa shape index (κ3) is 11.0. The van der Waals surface area contributed by atoms with E-state index in [0.717, 1.165) is 19.8 Å². The van der Waals surface area contributed by atoms with Gasteiger partial charge in [0.25, 0.3) is 0 Å². The molecule has 0 aromatic rings. The fourth-order valence-electron chi connectivity index (χ4n) is 2.32. The molecule has 0 aromatic heterocycles. The van der Waals surface area contributed by atoms with E-state index in [1.807, 2.05) is 0 Å². The highest BCUT2D eigenvalue weighted by Gasteiger charge is 2.26. The first-order valence-electron chi connectivity index (χ1n) is 9.82. The van der Waals surface area contributed by atoms with Crippen molar-refractivity contribution in [3.63, 3.8) is 0 Å². The SMILES string of the molecule is OC(COCC(O)COCC1CO1)COCC(COCC1CO1)OCC1CO1. The number of aliphatic hydroxyl groups is 2. The lowest BCUT2D eigenvalue weighted by atomic mass is 10.3. The van der Waals surface area contributed by atoms with Crippen LogP contribution in [0, 0.1) is 0 Å². The zero-order chi connectivity index (χ0) is 19.6. The summed E-state index contributed by atoms with van der Waals surface area (Å²) in [7, 11) is 0. The predicted octanol–water partition coefficient (Wildman–Crippen LogP) is -1.64. The molecule has 3 rings (SSSR count). The second-order valence-electron chi connectivity index (χ2n) is 7.28. The second kappa shape index (κ2) is 12.3. The Morgan fingerprint density at radius 3 is 1.54 bits per heavy atom. The molecule has 0 amide bonds. The van der Waals surface area contributed by atoms with Crippen LogP contribution in [-0.2, 0) is 37.9 Å². The number of hydrogen-bond donors (Lipinski definition) is 2. The Morgan fingerprint density at radius 2 is 1.00 bits per heavy atom. The number of aliphatic hydroxyl groups excluding tert-OH is 2. The van der Waals surface area contributed by atoms with Crippen LogP contribution in [0.1, 0.15) is 0 Å². The average molecular weight is 408 g/mol. The Kier molecular flexibility index (Phi) is 9.82. The number of rotatable bonds is 19. The summed E-state index contributed by atoms with van der Waals surface area (Å²) in [5.41, 5.74) is 0. The van der Waals surface area contributed by atoms with E-state index in [1.165, 1.54) is 0 Å². The highest BCUT2D eigenvalue weighted by Crippen LogP contribution is 2.12. The van der Waals surface area contributed by atoms with E-state index in [4.69, 9.17) is 37.9 Å². The van der Waals surface area contributed by atoms with Gasteiger partial charge in [0.05, 0.1) is 79.3 Å². The lowest BCUT2D eigenvalue weighted by Gasteiger charge is -2.19. The van der Waals surface area contributed by atoms with Crippen molar-refractivity contribution in [3.8, 4) is 0 Å². The molecule has 28 heavy (non-hydrogen) atoms. The van der Waals surface area contributed by atoms with E-state index in [0.29, 0.717) is 33.0 Å². The average Bonchev–Trinajstić information content (AvgIpc) is 3.53. The second-order valence-corrected chi connectivity index (χ2v) is 7.28. The van der Waals surface area contributed by atoms with Crippen molar-refractivity contribution in [3.05, 3.63) is 0 Å². The van der Waals surface area contributed by atoms with E-state index < -0.39 is 12.2 Å². The number of hydrogen-bond acceptors (Lipinski definition) is 10. The van der Waals surface area contributed by atoms with Gasteiger partial charge in [0.2, 0.25) is 0 Å². The number of epoxide rings is 3. The smallest absolute Gasteiger partial charge is 0.104 e. The molecule has 3 aliphatic rings. The molecular weight excluding hydrogens is 376 g/mol. The Labute approximate surface area is 164 Å². The monoisotopic (exact) mass is 408 g/mol. The fraction of sp³-hybridized carbons (Fsp3) is 1.00. The van der Waals surface area contributed by atoms with Gasteiger partial charge < -0.3 is 48.1 Å². The Balaban J connectivity index is 1.17.